The van der Waals surface area contributed by atoms with Gasteiger partial charge in [-0.3, -0.25) is 9.69 Å². The number of benzene rings is 2. The summed E-state index contributed by atoms with van der Waals surface area (Å²) in [5.74, 6) is -0.0502. The van der Waals surface area contributed by atoms with Gasteiger partial charge in [-0.25, -0.2) is 4.39 Å². The van der Waals surface area contributed by atoms with Crippen LogP contribution in [0.25, 0.3) is 0 Å². The van der Waals surface area contributed by atoms with Crippen LogP contribution in [-0.2, 0) is 9.53 Å². The third-order valence-electron chi connectivity index (χ3n) is 5.09. The molecule has 0 spiro atoms. The van der Waals surface area contributed by atoms with Crippen LogP contribution in [0.5, 0.6) is 0 Å². The Labute approximate surface area is 160 Å². The molecule has 1 saturated heterocycles. The monoisotopic (exact) mass is 370 g/mol. The van der Waals surface area contributed by atoms with E-state index in [1.54, 1.807) is 12.1 Å². The van der Waals surface area contributed by atoms with Crippen molar-refractivity contribution in [2.45, 2.75) is 25.3 Å². The van der Waals surface area contributed by atoms with Gasteiger partial charge in [0.1, 0.15) is 5.82 Å². The van der Waals surface area contributed by atoms with Gasteiger partial charge in [-0.2, -0.15) is 0 Å². The smallest absolute Gasteiger partial charge is 0.220 e. The van der Waals surface area contributed by atoms with E-state index in [2.05, 4.69) is 17.1 Å². The molecule has 4 nitrogen and oxygen atoms in total. The van der Waals surface area contributed by atoms with Crippen molar-refractivity contribution in [3.8, 4) is 0 Å². The molecule has 0 aliphatic carbocycles. The SMILES string of the molecule is CC(CC(=O)NCC(c1ccc(F)cc1)N1CCOCC1)c1ccccc1. The Kier molecular flexibility index (Phi) is 6.96. The molecule has 2 aromatic carbocycles. The summed E-state index contributed by atoms with van der Waals surface area (Å²) in [5, 5.41) is 3.08. The first-order valence-corrected chi connectivity index (χ1v) is 9.52. The number of nitrogens with zero attached hydrogens (tertiary/aromatic N) is 1. The van der Waals surface area contributed by atoms with E-state index in [4.69, 9.17) is 4.74 Å². The number of nitrogens with one attached hydrogen (secondary N) is 1. The van der Waals surface area contributed by atoms with Crippen molar-refractivity contribution in [2.75, 3.05) is 32.8 Å². The number of rotatable bonds is 7. The van der Waals surface area contributed by atoms with E-state index in [1.807, 2.05) is 30.3 Å². The molecule has 2 aromatic rings. The summed E-state index contributed by atoms with van der Waals surface area (Å²) in [4.78, 5) is 14.8. The molecule has 0 saturated carbocycles. The highest BCUT2D eigenvalue weighted by Crippen LogP contribution is 2.22. The largest absolute Gasteiger partial charge is 0.379 e. The van der Waals surface area contributed by atoms with E-state index in [1.165, 1.54) is 12.1 Å². The second-order valence-electron chi connectivity index (χ2n) is 7.04. The molecular weight excluding hydrogens is 343 g/mol. The van der Waals surface area contributed by atoms with Crippen molar-refractivity contribution in [3.05, 3.63) is 71.5 Å². The van der Waals surface area contributed by atoms with Crippen LogP contribution in [0.15, 0.2) is 54.6 Å². The van der Waals surface area contributed by atoms with Gasteiger partial charge in [0, 0.05) is 26.1 Å². The molecule has 144 valence electrons. The fraction of sp³-hybridized carbons (Fsp3) is 0.409. The Hall–Kier alpha value is -2.24. The topological polar surface area (TPSA) is 41.6 Å². The van der Waals surface area contributed by atoms with E-state index in [9.17, 15) is 9.18 Å². The molecule has 2 unspecified atom stereocenters. The summed E-state index contributed by atoms with van der Waals surface area (Å²) in [6, 6.07) is 16.6. The highest BCUT2D eigenvalue weighted by molar-refractivity contribution is 5.76. The maximum atomic E-state index is 13.3. The van der Waals surface area contributed by atoms with Crippen LogP contribution >= 0.6 is 0 Å². The molecule has 0 aromatic heterocycles. The molecule has 1 amide bonds. The number of ether oxygens (including phenoxy) is 1. The number of carbonyl (C=O) groups excluding carboxylic acids is 1. The van der Waals surface area contributed by atoms with Gasteiger partial charge in [-0.1, -0.05) is 49.4 Å². The lowest BCUT2D eigenvalue weighted by atomic mass is 9.97. The van der Waals surface area contributed by atoms with Crippen LogP contribution in [0.1, 0.15) is 36.4 Å². The van der Waals surface area contributed by atoms with Crippen molar-refractivity contribution < 1.29 is 13.9 Å². The van der Waals surface area contributed by atoms with E-state index < -0.39 is 0 Å². The molecule has 0 radical (unpaired) electrons. The Morgan fingerprint density at radius 1 is 1.07 bits per heavy atom. The number of carbonyl (C=O) groups is 1. The van der Waals surface area contributed by atoms with Gasteiger partial charge in [0.15, 0.2) is 0 Å². The molecule has 2 atom stereocenters. The number of morpholine rings is 1. The predicted molar refractivity (Wildman–Crippen MR) is 104 cm³/mol. The van der Waals surface area contributed by atoms with Gasteiger partial charge in [0.25, 0.3) is 0 Å². The first-order chi connectivity index (χ1) is 13.1. The van der Waals surface area contributed by atoms with Crippen LogP contribution in [0.2, 0.25) is 0 Å². The van der Waals surface area contributed by atoms with Crippen molar-refractivity contribution in [2.24, 2.45) is 0 Å². The van der Waals surface area contributed by atoms with Gasteiger partial charge < -0.3 is 10.1 Å². The lowest BCUT2D eigenvalue weighted by molar-refractivity contribution is -0.121. The normalized spacial score (nSPS) is 17.3. The minimum Gasteiger partial charge on any atom is -0.379 e. The summed E-state index contributed by atoms with van der Waals surface area (Å²) in [5.41, 5.74) is 2.17. The van der Waals surface area contributed by atoms with E-state index >= 15 is 0 Å². The van der Waals surface area contributed by atoms with Crippen LogP contribution in [0.4, 0.5) is 4.39 Å². The number of hydrogen-bond acceptors (Lipinski definition) is 3. The molecule has 0 bridgehead atoms. The summed E-state index contributed by atoms with van der Waals surface area (Å²) in [6.07, 6.45) is 0.448. The molecule has 1 aliphatic rings. The van der Waals surface area contributed by atoms with Gasteiger partial charge in [-0.15, -0.1) is 0 Å². The summed E-state index contributed by atoms with van der Waals surface area (Å²) >= 11 is 0. The molecule has 27 heavy (non-hydrogen) atoms. The van der Waals surface area contributed by atoms with Crippen molar-refractivity contribution in [1.29, 1.82) is 0 Å². The van der Waals surface area contributed by atoms with Crippen LogP contribution in [-0.4, -0.2) is 43.7 Å². The average Bonchev–Trinajstić information content (AvgIpc) is 2.71. The first-order valence-electron chi connectivity index (χ1n) is 9.52. The zero-order chi connectivity index (χ0) is 19.1. The van der Waals surface area contributed by atoms with Crippen LogP contribution < -0.4 is 5.32 Å². The minimum atomic E-state index is -0.250. The molecule has 1 aliphatic heterocycles. The van der Waals surface area contributed by atoms with Gasteiger partial charge >= 0.3 is 0 Å². The summed E-state index contributed by atoms with van der Waals surface area (Å²) < 4.78 is 18.8. The average molecular weight is 370 g/mol. The van der Waals surface area contributed by atoms with Crippen LogP contribution in [0, 0.1) is 5.82 Å². The van der Waals surface area contributed by atoms with Crippen LogP contribution in [0.3, 0.4) is 0 Å². The zero-order valence-corrected chi connectivity index (χ0v) is 15.7. The lowest BCUT2D eigenvalue weighted by Crippen LogP contribution is -2.43. The Balaban J connectivity index is 1.61. The molecule has 5 heteroatoms. The summed E-state index contributed by atoms with van der Waals surface area (Å²) in [6.45, 7) is 5.53. The highest BCUT2D eigenvalue weighted by Gasteiger charge is 2.23. The quantitative estimate of drug-likeness (QED) is 0.811. The molecule has 1 fully saturated rings. The van der Waals surface area contributed by atoms with E-state index in [-0.39, 0.29) is 23.7 Å². The van der Waals surface area contributed by atoms with Gasteiger partial charge in [0.05, 0.1) is 19.3 Å². The predicted octanol–water partition coefficient (Wildman–Crippen LogP) is 3.51. The molecular formula is C22H27FN2O2. The Bertz CT molecular complexity index is 715. The summed E-state index contributed by atoms with van der Waals surface area (Å²) in [7, 11) is 0. The standard InChI is InChI=1S/C22H27FN2O2/c1-17(18-5-3-2-4-6-18)15-22(26)24-16-21(25-11-13-27-14-12-25)19-7-9-20(23)10-8-19/h2-10,17,21H,11-16H2,1H3,(H,24,26). The van der Waals surface area contributed by atoms with Gasteiger partial charge in [-0.05, 0) is 29.2 Å². The maximum Gasteiger partial charge on any atom is 0.220 e. The minimum absolute atomic E-state index is 0.0190. The Morgan fingerprint density at radius 2 is 1.74 bits per heavy atom. The van der Waals surface area contributed by atoms with Gasteiger partial charge in [0.2, 0.25) is 5.91 Å². The Morgan fingerprint density at radius 3 is 2.41 bits per heavy atom. The fourth-order valence-electron chi connectivity index (χ4n) is 3.49. The van der Waals surface area contributed by atoms with E-state index in [0.717, 1.165) is 24.2 Å². The van der Waals surface area contributed by atoms with Crippen molar-refractivity contribution in [3.63, 3.8) is 0 Å². The second-order valence-corrected chi connectivity index (χ2v) is 7.04. The first kappa shape index (κ1) is 19.5. The molecule has 1 heterocycles. The highest BCUT2D eigenvalue weighted by atomic mass is 19.1. The zero-order valence-electron chi connectivity index (χ0n) is 15.7. The molecule has 3 rings (SSSR count). The van der Waals surface area contributed by atoms with Crippen molar-refractivity contribution >= 4 is 5.91 Å². The third kappa shape index (κ3) is 5.62. The third-order valence-corrected chi connectivity index (χ3v) is 5.09. The number of halogens is 1. The second kappa shape index (κ2) is 9.62. The fourth-order valence-corrected chi connectivity index (χ4v) is 3.49. The number of hydrogen-bond donors (Lipinski definition) is 1. The maximum absolute atomic E-state index is 13.3. The number of amides is 1. The lowest BCUT2D eigenvalue weighted by Gasteiger charge is -2.35. The van der Waals surface area contributed by atoms with E-state index in [0.29, 0.717) is 26.2 Å². The van der Waals surface area contributed by atoms with Crippen molar-refractivity contribution in [1.82, 2.24) is 10.2 Å². The molecule has 1 N–H and O–H groups in total.